The van der Waals surface area contributed by atoms with Crippen LogP contribution >= 0.6 is 0 Å². The number of nitrogens with one attached hydrogen (secondary N) is 1. The van der Waals surface area contributed by atoms with E-state index in [1.165, 1.54) is 6.42 Å². The first-order valence-corrected chi connectivity index (χ1v) is 9.24. The van der Waals surface area contributed by atoms with Crippen LogP contribution < -0.4 is 14.8 Å². The number of hydrogen-bond acceptors (Lipinski definition) is 5. The van der Waals surface area contributed by atoms with Gasteiger partial charge in [0.1, 0.15) is 0 Å². The van der Waals surface area contributed by atoms with Gasteiger partial charge in [0.05, 0.1) is 14.2 Å². The molecule has 6 nitrogen and oxygen atoms in total. The molecule has 1 aromatic carbocycles. The van der Waals surface area contributed by atoms with Crippen LogP contribution in [0, 0.1) is 0 Å². The maximum Gasteiger partial charge on any atom is 0.306 e. The topological polar surface area (TPSA) is 73.9 Å². The quantitative estimate of drug-likeness (QED) is 0.719. The number of methoxy groups -OCH3 is 2. The molecule has 144 valence electrons. The number of ether oxygens (including phenoxy) is 3. The predicted molar refractivity (Wildman–Crippen MR) is 98.4 cm³/mol. The Hall–Kier alpha value is -2.24. The van der Waals surface area contributed by atoms with E-state index in [0.29, 0.717) is 17.9 Å². The van der Waals surface area contributed by atoms with Gasteiger partial charge in [-0.15, -0.1) is 0 Å². The summed E-state index contributed by atoms with van der Waals surface area (Å²) in [5, 5.41) is 2.98. The maximum absolute atomic E-state index is 12.2. The van der Waals surface area contributed by atoms with Crippen LogP contribution in [-0.2, 0) is 20.7 Å². The molecule has 26 heavy (non-hydrogen) atoms. The summed E-state index contributed by atoms with van der Waals surface area (Å²) >= 11 is 0. The van der Waals surface area contributed by atoms with Crippen molar-refractivity contribution in [3.63, 3.8) is 0 Å². The summed E-state index contributed by atoms with van der Waals surface area (Å²) < 4.78 is 15.7. The minimum absolute atomic E-state index is 0.205. The van der Waals surface area contributed by atoms with Crippen molar-refractivity contribution in [1.82, 2.24) is 5.32 Å². The van der Waals surface area contributed by atoms with E-state index in [1.807, 2.05) is 12.1 Å². The van der Waals surface area contributed by atoms with Crippen LogP contribution in [0.1, 0.15) is 51.0 Å². The van der Waals surface area contributed by atoms with Crippen molar-refractivity contribution in [3.05, 3.63) is 23.8 Å². The normalized spacial score (nSPS) is 15.8. The molecule has 0 unspecified atom stereocenters. The summed E-state index contributed by atoms with van der Waals surface area (Å²) in [6.07, 6.45) is 5.47. The number of carbonyl (C=O) groups excluding carboxylic acids is 2. The van der Waals surface area contributed by atoms with Crippen LogP contribution in [0.25, 0.3) is 0 Å². The molecule has 0 spiro atoms. The molecule has 1 amide bonds. The number of carbonyl (C=O) groups is 2. The lowest BCUT2D eigenvalue weighted by Gasteiger charge is -2.24. The number of aryl methyl sites for hydroxylation is 1. The second-order valence-corrected chi connectivity index (χ2v) is 6.66. The second kappa shape index (κ2) is 10.0. The van der Waals surface area contributed by atoms with Crippen LogP contribution in [0.4, 0.5) is 0 Å². The van der Waals surface area contributed by atoms with Gasteiger partial charge in [0.15, 0.2) is 17.6 Å². The number of amides is 1. The Labute approximate surface area is 155 Å². The zero-order valence-corrected chi connectivity index (χ0v) is 15.9. The molecule has 2 rings (SSSR count). The standard InChI is InChI=1S/C20H29NO5/c1-14(20(23)21-16-7-5-4-6-8-16)26-19(22)12-10-15-9-11-17(24-2)18(13-15)25-3/h9,11,13-14,16H,4-8,10,12H2,1-3H3,(H,21,23)/t14-/m1/s1. The highest BCUT2D eigenvalue weighted by Crippen LogP contribution is 2.28. The Morgan fingerprint density at radius 2 is 1.81 bits per heavy atom. The van der Waals surface area contributed by atoms with E-state index in [1.54, 1.807) is 27.2 Å². The summed E-state index contributed by atoms with van der Waals surface area (Å²) in [5.74, 6) is 0.674. The van der Waals surface area contributed by atoms with Crippen molar-refractivity contribution in [2.75, 3.05) is 14.2 Å². The van der Waals surface area contributed by atoms with Gasteiger partial charge in [0.2, 0.25) is 0 Å². The summed E-state index contributed by atoms with van der Waals surface area (Å²) in [5.41, 5.74) is 0.943. The molecule has 6 heteroatoms. The molecule has 1 atom stereocenters. The van der Waals surface area contributed by atoms with Gasteiger partial charge in [-0.05, 0) is 43.9 Å². The highest BCUT2D eigenvalue weighted by Gasteiger charge is 2.22. The third-order valence-corrected chi connectivity index (χ3v) is 4.69. The molecular formula is C20H29NO5. The van der Waals surface area contributed by atoms with Crippen molar-refractivity contribution < 1.29 is 23.8 Å². The summed E-state index contributed by atoms with van der Waals surface area (Å²) in [6.45, 7) is 1.62. The van der Waals surface area contributed by atoms with Crippen molar-refractivity contribution in [2.45, 2.75) is 64.0 Å². The fourth-order valence-electron chi connectivity index (χ4n) is 3.16. The van der Waals surface area contributed by atoms with Gasteiger partial charge in [-0.2, -0.15) is 0 Å². The molecule has 0 aliphatic heterocycles. The third kappa shape index (κ3) is 5.93. The Morgan fingerprint density at radius 1 is 1.12 bits per heavy atom. The van der Waals surface area contributed by atoms with Gasteiger partial charge < -0.3 is 19.5 Å². The van der Waals surface area contributed by atoms with E-state index in [4.69, 9.17) is 14.2 Å². The number of esters is 1. The van der Waals surface area contributed by atoms with Gasteiger partial charge in [-0.1, -0.05) is 25.3 Å². The first-order chi connectivity index (χ1) is 12.5. The minimum Gasteiger partial charge on any atom is -0.493 e. The average Bonchev–Trinajstić information content (AvgIpc) is 2.66. The van der Waals surface area contributed by atoms with Crippen LogP contribution in [0.3, 0.4) is 0 Å². The molecule has 0 aromatic heterocycles. The monoisotopic (exact) mass is 363 g/mol. The van der Waals surface area contributed by atoms with Gasteiger partial charge in [0, 0.05) is 12.5 Å². The fraction of sp³-hybridized carbons (Fsp3) is 0.600. The Balaban J connectivity index is 1.77. The molecule has 0 heterocycles. The van der Waals surface area contributed by atoms with E-state index in [9.17, 15) is 9.59 Å². The highest BCUT2D eigenvalue weighted by atomic mass is 16.5. The minimum atomic E-state index is -0.769. The zero-order valence-electron chi connectivity index (χ0n) is 15.9. The van der Waals surface area contributed by atoms with E-state index in [2.05, 4.69) is 5.32 Å². The predicted octanol–water partition coefficient (Wildman–Crippen LogP) is 3.02. The van der Waals surface area contributed by atoms with Crippen molar-refractivity contribution >= 4 is 11.9 Å². The largest absolute Gasteiger partial charge is 0.493 e. The SMILES string of the molecule is COc1ccc(CCC(=O)O[C@H](C)C(=O)NC2CCCCC2)cc1OC. The molecule has 0 bridgehead atoms. The van der Waals surface area contributed by atoms with Gasteiger partial charge in [-0.3, -0.25) is 9.59 Å². The molecule has 1 N–H and O–H groups in total. The Morgan fingerprint density at radius 3 is 2.46 bits per heavy atom. The van der Waals surface area contributed by atoms with Gasteiger partial charge in [0.25, 0.3) is 5.91 Å². The third-order valence-electron chi connectivity index (χ3n) is 4.69. The molecule has 0 radical (unpaired) electrons. The smallest absolute Gasteiger partial charge is 0.306 e. The number of hydrogen-bond donors (Lipinski definition) is 1. The van der Waals surface area contributed by atoms with Crippen LogP contribution in [0.5, 0.6) is 11.5 Å². The Bertz CT molecular complexity index is 610. The molecule has 1 saturated carbocycles. The molecule has 1 aliphatic carbocycles. The maximum atomic E-state index is 12.2. The first kappa shape index (κ1) is 20.1. The zero-order chi connectivity index (χ0) is 18.9. The lowest BCUT2D eigenvalue weighted by atomic mass is 9.95. The van der Waals surface area contributed by atoms with Crippen molar-refractivity contribution in [2.24, 2.45) is 0 Å². The van der Waals surface area contributed by atoms with E-state index >= 15 is 0 Å². The van der Waals surface area contributed by atoms with Crippen LogP contribution in [-0.4, -0.2) is 38.2 Å². The fourth-order valence-corrected chi connectivity index (χ4v) is 3.16. The molecule has 0 saturated heterocycles. The Kier molecular flexibility index (Phi) is 7.75. The molecular weight excluding hydrogens is 334 g/mol. The van der Waals surface area contributed by atoms with Gasteiger partial charge >= 0.3 is 5.97 Å². The lowest BCUT2D eigenvalue weighted by molar-refractivity contribution is -0.155. The van der Waals surface area contributed by atoms with Crippen LogP contribution in [0.2, 0.25) is 0 Å². The second-order valence-electron chi connectivity index (χ2n) is 6.66. The summed E-state index contributed by atoms with van der Waals surface area (Å²) in [7, 11) is 3.15. The molecule has 1 aromatic rings. The van der Waals surface area contributed by atoms with Crippen molar-refractivity contribution in [1.29, 1.82) is 0 Å². The molecule has 1 aliphatic rings. The summed E-state index contributed by atoms with van der Waals surface area (Å²) in [4.78, 5) is 24.2. The van der Waals surface area contributed by atoms with Crippen molar-refractivity contribution in [3.8, 4) is 11.5 Å². The van der Waals surface area contributed by atoms with E-state index in [0.717, 1.165) is 31.2 Å². The number of benzene rings is 1. The van der Waals surface area contributed by atoms with E-state index in [-0.39, 0.29) is 24.3 Å². The number of rotatable bonds is 8. The first-order valence-electron chi connectivity index (χ1n) is 9.24. The van der Waals surface area contributed by atoms with Gasteiger partial charge in [-0.25, -0.2) is 0 Å². The van der Waals surface area contributed by atoms with E-state index < -0.39 is 6.10 Å². The lowest BCUT2D eigenvalue weighted by Crippen LogP contribution is -2.42. The van der Waals surface area contributed by atoms with Crippen LogP contribution in [0.15, 0.2) is 18.2 Å². The summed E-state index contributed by atoms with van der Waals surface area (Å²) in [6, 6.07) is 5.74. The highest BCUT2D eigenvalue weighted by molar-refractivity contribution is 5.83. The average molecular weight is 363 g/mol. The molecule has 1 fully saturated rings.